The maximum atomic E-state index is 5.46. The maximum Gasteiger partial charge on any atom is 0.188 e. The molecular weight excluding hydrogens is 276 g/mol. The molecule has 6 nitrogen and oxygen atoms in total. The molecule has 0 spiro atoms. The molecule has 0 aromatic heterocycles. The lowest BCUT2D eigenvalue weighted by Gasteiger charge is -2.12. The summed E-state index contributed by atoms with van der Waals surface area (Å²) >= 11 is 0. The molecule has 1 aromatic rings. The summed E-state index contributed by atoms with van der Waals surface area (Å²) in [5, 5.41) is 0. The van der Waals surface area contributed by atoms with Crippen molar-refractivity contribution in [1.82, 2.24) is 0 Å². The Morgan fingerprint density at radius 1 is 0.714 bits per heavy atom. The number of hydrogen-bond acceptors (Lipinski definition) is 6. The molecule has 0 radical (unpaired) electrons. The van der Waals surface area contributed by atoms with E-state index in [9.17, 15) is 0 Å². The molecule has 0 saturated heterocycles. The van der Waals surface area contributed by atoms with Crippen LogP contribution in [0.1, 0.15) is 5.56 Å². The second-order valence-electron chi connectivity index (χ2n) is 4.27. The van der Waals surface area contributed by atoms with Crippen LogP contribution in [0.5, 0.6) is 11.5 Å². The first kappa shape index (κ1) is 17.7. The van der Waals surface area contributed by atoms with E-state index in [-0.39, 0.29) is 13.6 Å². The van der Waals surface area contributed by atoms with E-state index in [0.717, 1.165) is 12.0 Å². The highest BCUT2D eigenvalue weighted by Crippen LogP contribution is 2.23. The van der Waals surface area contributed by atoms with Gasteiger partial charge in [0.1, 0.15) is 11.5 Å². The average Bonchev–Trinajstić information content (AvgIpc) is 2.50. The quantitative estimate of drug-likeness (QED) is 0.434. The van der Waals surface area contributed by atoms with Gasteiger partial charge in [-0.2, -0.15) is 0 Å². The number of benzene rings is 1. The summed E-state index contributed by atoms with van der Waals surface area (Å²) in [4.78, 5) is 0. The zero-order chi connectivity index (χ0) is 15.3. The Hall–Kier alpha value is -1.34. The van der Waals surface area contributed by atoms with E-state index >= 15 is 0 Å². The van der Waals surface area contributed by atoms with Gasteiger partial charge in [-0.25, -0.2) is 0 Å². The lowest BCUT2D eigenvalue weighted by Crippen LogP contribution is -2.06. The standard InChI is InChI=1S/C15H24O6/c1-16-6-7-19-5-4-13-8-14(20-11-17-2)10-15(9-13)21-12-18-3/h8-10H,4-7,11-12H2,1-3H3. The van der Waals surface area contributed by atoms with Crippen LogP contribution in [0.15, 0.2) is 18.2 Å². The van der Waals surface area contributed by atoms with Gasteiger partial charge in [0, 0.05) is 27.4 Å². The molecule has 0 aliphatic carbocycles. The van der Waals surface area contributed by atoms with Crippen molar-refractivity contribution in [1.29, 1.82) is 0 Å². The maximum absolute atomic E-state index is 5.46. The average molecular weight is 300 g/mol. The smallest absolute Gasteiger partial charge is 0.188 e. The Balaban J connectivity index is 2.57. The number of methoxy groups -OCH3 is 3. The molecule has 0 N–H and O–H groups in total. The van der Waals surface area contributed by atoms with Gasteiger partial charge >= 0.3 is 0 Å². The minimum atomic E-state index is 0.192. The highest BCUT2D eigenvalue weighted by atomic mass is 16.7. The summed E-state index contributed by atoms with van der Waals surface area (Å²) in [6.45, 7) is 2.18. The topological polar surface area (TPSA) is 55.4 Å². The minimum Gasteiger partial charge on any atom is -0.467 e. The molecule has 0 aliphatic heterocycles. The highest BCUT2D eigenvalue weighted by molar-refractivity contribution is 5.38. The van der Waals surface area contributed by atoms with Crippen molar-refractivity contribution in [3.05, 3.63) is 23.8 Å². The summed E-state index contributed by atoms with van der Waals surface area (Å²) in [7, 11) is 4.81. The number of hydrogen-bond donors (Lipinski definition) is 0. The second kappa shape index (κ2) is 11.3. The molecule has 0 saturated carbocycles. The van der Waals surface area contributed by atoms with Crippen LogP contribution in [0, 0.1) is 0 Å². The SMILES string of the molecule is COCCOCCc1cc(OCOC)cc(OCOC)c1. The van der Waals surface area contributed by atoms with E-state index in [0.29, 0.717) is 31.3 Å². The van der Waals surface area contributed by atoms with Gasteiger partial charge in [0.25, 0.3) is 0 Å². The van der Waals surface area contributed by atoms with Gasteiger partial charge in [-0.15, -0.1) is 0 Å². The first-order valence-electron chi connectivity index (χ1n) is 6.74. The molecular formula is C15H24O6. The Bertz CT molecular complexity index is 356. The third kappa shape index (κ3) is 7.87. The largest absolute Gasteiger partial charge is 0.467 e. The zero-order valence-corrected chi connectivity index (χ0v) is 12.9. The fraction of sp³-hybridized carbons (Fsp3) is 0.600. The molecule has 21 heavy (non-hydrogen) atoms. The van der Waals surface area contributed by atoms with Crippen LogP contribution in [0.3, 0.4) is 0 Å². The summed E-state index contributed by atoms with van der Waals surface area (Å²) in [5.74, 6) is 1.38. The molecule has 0 fully saturated rings. The number of rotatable bonds is 12. The second-order valence-corrected chi connectivity index (χ2v) is 4.27. The van der Waals surface area contributed by atoms with Crippen molar-refractivity contribution in [3.8, 4) is 11.5 Å². The molecule has 1 rings (SSSR count). The predicted molar refractivity (Wildman–Crippen MR) is 77.8 cm³/mol. The van der Waals surface area contributed by atoms with Gasteiger partial charge < -0.3 is 28.4 Å². The summed E-state index contributed by atoms with van der Waals surface area (Å²) in [6.07, 6.45) is 0.761. The van der Waals surface area contributed by atoms with Crippen molar-refractivity contribution in [3.63, 3.8) is 0 Å². The van der Waals surface area contributed by atoms with Crippen LogP contribution < -0.4 is 9.47 Å². The molecule has 0 aliphatic rings. The zero-order valence-electron chi connectivity index (χ0n) is 12.9. The first-order valence-corrected chi connectivity index (χ1v) is 6.74. The summed E-state index contributed by atoms with van der Waals surface area (Å²) in [5.41, 5.74) is 1.06. The molecule has 0 amide bonds. The fourth-order valence-corrected chi connectivity index (χ4v) is 1.63. The van der Waals surface area contributed by atoms with Gasteiger partial charge in [-0.05, 0) is 24.1 Å². The summed E-state index contributed by atoms with van der Waals surface area (Å²) in [6, 6.07) is 5.68. The molecule has 120 valence electrons. The molecule has 0 bridgehead atoms. The molecule has 0 unspecified atom stereocenters. The van der Waals surface area contributed by atoms with E-state index < -0.39 is 0 Å². The first-order chi connectivity index (χ1) is 10.3. The Labute approximate surface area is 125 Å². The molecule has 0 atom stereocenters. The Morgan fingerprint density at radius 2 is 1.33 bits per heavy atom. The van der Waals surface area contributed by atoms with Crippen LogP contribution >= 0.6 is 0 Å². The van der Waals surface area contributed by atoms with Crippen molar-refractivity contribution >= 4 is 0 Å². The van der Waals surface area contributed by atoms with Crippen molar-refractivity contribution in [2.24, 2.45) is 0 Å². The van der Waals surface area contributed by atoms with Gasteiger partial charge in [-0.3, -0.25) is 0 Å². The van der Waals surface area contributed by atoms with Crippen LogP contribution in [0.25, 0.3) is 0 Å². The van der Waals surface area contributed by atoms with E-state index in [2.05, 4.69) is 0 Å². The monoisotopic (exact) mass is 300 g/mol. The normalized spacial score (nSPS) is 10.6. The Morgan fingerprint density at radius 3 is 1.86 bits per heavy atom. The molecule has 6 heteroatoms. The van der Waals surface area contributed by atoms with Crippen LogP contribution in [0.2, 0.25) is 0 Å². The van der Waals surface area contributed by atoms with Crippen molar-refractivity contribution in [2.75, 3.05) is 54.7 Å². The highest BCUT2D eigenvalue weighted by Gasteiger charge is 2.04. The lowest BCUT2D eigenvalue weighted by atomic mass is 10.1. The van der Waals surface area contributed by atoms with Crippen LogP contribution in [-0.4, -0.2) is 54.7 Å². The van der Waals surface area contributed by atoms with E-state index in [1.54, 1.807) is 27.4 Å². The van der Waals surface area contributed by atoms with Crippen molar-refractivity contribution < 1.29 is 28.4 Å². The van der Waals surface area contributed by atoms with Gasteiger partial charge in [0.15, 0.2) is 13.6 Å². The van der Waals surface area contributed by atoms with Crippen LogP contribution in [0.4, 0.5) is 0 Å². The molecule has 1 aromatic carbocycles. The van der Waals surface area contributed by atoms with E-state index in [4.69, 9.17) is 28.4 Å². The van der Waals surface area contributed by atoms with Gasteiger partial charge in [-0.1, -0.05) is 0 Å². The fourth-order valence-electron chi connectivity index (χ4n) is 1.63. The van der Waals surface area contributed by atoms with E-state index in [1.807, 2.05) is 12.1 Å². The summed E-state index contributed by atoms with van der Waals surface area (Å²) < 4.78 is 31.1. The van der Waals surface area contributed by atoms with Gasteiger partial charge in [0.2, 0.25) is 0 Å². The molecule has 0 heterocycles. The third-order valence-corrected chi connectivity index (χ3v) is 2.59. The van der Waals surface area contributed by atoms with Crippen molar-refractivity contribution in [2.45, 2.75) is 6.42 Å². The van der Waals surface area contributed by atoms with Crippen LogP contribution in [-0.2, 0) is 25.4 Å². The predicted octanol–water partition coefficient (Wildman–Crippen LogP) is 1.86. The Kier molecular flexibility index (Phi) is 9.56. The lowest BCUT2D eigenvalue weighted by molar-refractivity contribution is 0.0458. The van der Waals surface area contributed by atoms with Gasteiger partial charge in [0.05, 0.1) is 19.8 Å². The number of ether oxygens (including phenoxy) is 6. The third-order valence-electron chi connectivity index (χ3n) is 2.59. The minimum absolute atomic E-state index is 0.192. The van der Waals surface area contributed by atoms with E-state index in [1.165, 1.54) is 0 Å².